The highest BCUT2D eigenvalue weighted by molar-refractivity contribution is 5.75. The molecule has 1 fully saturated rings. The van der Waals surface area contributed by atoms with Crippen LogP contribution in [0.25, 0.3) is 11.1 Å². The van der Waals surface area contributed by atoms with Gasteiger partial charge in [0.15, 0.2) is 0 Å². The summed E-state index contributed by atoms with van der Waals surface area (Å²) in [5.74, 6) is 0.794. The molecule has 0 spiro atoms. The number of benzene rings is 1. The van der Waals surface area contributed by atoms with Gasteiger partial charge >= 0.3 is 0 Å². The van der Waals surface area contributed by atoms with Gasteiger partial charge in [0.05, 0.1) is 6.20 Å². The van der Waals surface area contributed by atoms with Crippen molar-refractivity contribution in [1.82, 2.24) is 15.5 Å². The lowest BCUT2D eigenvalue weighted by molar-refractivity contribution is -0.121. The molecule has 0 radical (unpaired) electrons. The van der Waals surface area contributed by atoms with E-state index in [0.29, 0.717) is 12.3 Å². The highest BCUT2D eigenvalue weighted by Crippen LogP contribution is 2.26. The number of rotatable bonds is 10. The van der Waals surface area contributed by atoms with Crippen LogP contribution in [-0.4, -0.2) is 35.7 Å². The Balaban J connectivity index is 1.35. The zero-order valence-electron chi connectivity index (χ0n) is 16.7. The number of aromatic amines is 1. The van der Waals surface area contributed by atoms with Gasteiger partial charge in [0.1, 0.15) is 0 Å². The van der Waals surface area contributed by atoms with Crippen LogP contribution < -0.4 is 10.2 Å². The molecule has 2 N–H and O–H groups in total. The maximum atomic E-state index is 12.0. The molecule has 0 bridgehead atoms. The van der Waals surface area contributed by atoms with Crippen LogP contribution in [0.2, 0.25) is 0 Å². The molecule has 28 heavy (non-hydrogen) atoms. The minimum absolute atomic E-state index is 0.205. The van der Waals surface area contributed by atoms with Gasteiger partial charge in [-0.25, -0.2) is 0 Å². The van der Waals surface area contributed by atoms with E-state index in [1.165, 1.54) is 11.3 Å². The Labute approximate surface area is 168 Å². The van der Waals surface area contributed by atoms with Crippen molar-refractivity contribution in [2.45, 2.75) is 44.9 Å². The molecule has 2 heterocycles. The number of hydrogen-bond acceptors (Lipinski definition) is 3. The fraction of sp³-hybridized carbons (Fsp3) is 0.478. The standard InChI is InChI=1S/C23H32N4O/c1-2-3-4-5-6-7-23(28)24-16-19-12-14-27(15-13-19)22-10-8-20(9-11-22)21-17-25-26-18-21/h2,8-11,17-19H,1,3-7,12-16H2,(H,24,28)(H,25,26). The van der Waals surface area contributed by atoms with Gasteiger partial charge in [0, 0.05) is 43.5 Å². The topological polar surface area (TPSA) is 61.0 Å². The third-order valence-corrected chi connectivity index (χ3v) is 5.58. The fourth-order valence-electron chi connectivity index (χ4n) is 3.77. The van der Waals surface area contributed by atoms with Crippen molar-refractivity contribution >= 4 is 11.6 Å². The summed E-state index contributed by atoms with van der Waals surface area (Å²) in [5, 5.41) is 10.00. The second-order valence-electron chi connectivity index (χ2n) is 7.66. The molecule has 1 amide bonds. The van der Waals surface area contributed by atoms with Crippen LogP contribution in [-0.2, 0) is 4.79 Å². The largest absolute Gasteiger partial charge is 0.372 e. The maximum absolute atomic E-state index is 12.0. The van der Waals surface area contributed by atoms with E-state index >= 15 is 0 Å². The van der Waals surface area contributed by atoms with E-state index < -0.39 is 0 Å². The molecule has 5 heteroatoms. The lowest BCUT2D eigenvalue weighted by atomic mass is 9.96. The fourth-order valence-corrected chi connectivity index (χ4v) is 3.77. The van der Waals surface area contributed by atoms with Crippen LogP contribution in [0.1, 0.15) is 44.9 Å². The summed E-state index contributed by atoms with van der Waals surface area (Å²) >= 11 is 0. The van der Waals surface area contributed by atoms with E-state index in [4.69, 9.17) is 0 Å². The lowest BCUT2D eigenvalue weighted by Gasteiger charge is -2.33. The van der Waals surface area contributed by atoms with Gasteiger partial charge in [-0.2, -0.15) is 5.10 Å². The van der Waals surface area contributed by atoms with Gasteiger partial charge in [-0.15, -0.1) is 6.58 Å². The number of carbonyl (C=O) groups excluding carboxylic acids is 1. The first kappa shape index (κ1) is 20.2. The molecule has 0 saturated carbocycles. The molecule has 3 rings (SSSR count). The third kappa shape index (κ3) is 5.98. The minimum atomic E-state index is 0.205. The average Bonchev–Trinajstić information content (AvgIpc) is 3.28. The van der Waals surface area contributed by atoms with E-state index in [-0.39, 0.29) is 5.91 Å². The van der Waals surface area contributed by atoms with E-state index in [1.807, 2.05) is 18.5 Å². The Kier molecular flexibility index (Phi) is 7.71. The van der Waals surface area contributed by atoms with Crippen molar-refractivity contribution in [2.24, 2.45) is 5.92 Å². The van der Waals surface area contributed by atoms with E-state index in [0.717, 1.165) is 63.7 Å². The first-order chi connectivity index (χ1) is 13.8. The Hall–Kier alpha value is -2.56. The van der Waals surface area contributed by atoms with Gasteiger partial charge in [-0.1, -0.05) is 24.6 Å². The number of nitrogens with one attached hydrogen (secondary N) is 2. The predicted octanol–water partition coefficient (Wildman–Crippen LogP) is 4.55. The highest BCUT2D eigenvalue weighted by Gasteiger charge is 2.20. The molecule has 2 aromatic rings. The maximum Gasteiger partial charge on any atom is 0.220 e. The lowest BCUT2D eigenvalue weighted by Crippen LogP contribution is -2.38. The first-order valence-corrected chi connectivity index (χ1v) is 10.5. The summed E-state index contributed by atoms with van der Waals surface area (Å²) in [7, 11) is 0. The molecule has 1 saturated heterocycles. The second-order valence-corrected chi connectivity index (χ2v) is 7.66. The number of H-pyrrole nitrogens is 1. The van der Waals surface area contributed by atoms with E-state index in [9.17, 15) is 4.79 Å². The Morgan fingerprint density at radius 1 is 1.18 bits per heavy atom. The van der Waals surface area contributed by atoms with Crippen molar-refractivity contribution < 1.29 is 4.79 Å². The van der Waals surface area contributed by atoms with Crippen LogP contribution in [0.3, 0.4) is 0 Å². The Morgan fingerprint density at radius 2 is 1.96 bits per heavy atom. The summed E-state index contributed by atoms with van der Waals surface area (Å²) in [6, 6.07) is 8.69. The van der Waals surface area contributed by atoms with Crippen LogP contribution in [0.4, 0.5) is 5.69 Å². The van der Waals surface area contributed by atoms with Crippen LogP contribution in [0.15, 0.2) is 49.3 Å². The molecule has 1 aliphatic heterocycles. The summed E-state index contributed by atoms with van der Waals surface area (Å²) in [6.45, 7) is 6.64. The van der Waals surface area contributed by atoms with E-state index in [1.54, 1.807) is 0 Å². The average molecular weight is 381 g/mol. The van der Waals surface area contributed by atoms with Crippen molar-refractivity contribution in [3.63, 3.8) is 0 Å². The predicted molar refractivity (Wildman–Crippen MR) is 115 cm³/mol. The normalized spacial score (nSPS) is 14.8. The van der Waals surface area contributed by atoms with Gasteiger partial charge in [-0.05, 0) is 55.7 Å². The third-order valence-electron chi connectivity index (χ3n) is 5.58. The second kappa shape index (κ2) is 10.7. The first-order valence-electron chi connectivity index (χ1n) is 10.5. The summed E-state index contributed by atoms with van der Waals surface area (Å²) in [4.78, 5) is 14.4. The molecule has 150 valence electrons. The van der Waals surface area contributed by atoms with Crippen molar-refractivity contribution in [1.29, 1.82) is 0 Å². The van der Waals surface area contributed by atoms with Gasteiger partial charge < -0.3 is 10.2 Å². The van der Waals surface area contributed by atoms with Crippen molar-refractivity contribution in [3.05, 3.63) is 49.3 Å². The Morgan fingerprint density at radius 3 is 2.64 bits per heavy atom. The number of anilines is 1. The number of amides is 1. The quantitative estimate of drug-likeness (QED) is 0.470. The zero-order valence-corrected chi connectivity index (χ0v) is 16.7. The molecule has 1 aliphatic rings. The molecule has 0 aliphatic carbocycles. The number of allylic oxidation sites excluding steroid dienone is 1. The van der Waals surface area contributed by atoms with Gasteiger partial charge in [0.25, 0.3) is 0 Å². The number of nitrogens with zero attached hydrogens (tertiary/aromatic N) is 2. The molecule has 0 unspecified atom stereocenters. The minimum Gasteiger partial charge on any atom is -0.372 e. The Bertz CT molecular complexity index is 716. The number of aromatic nitrogens is 2. The molecular weight excluding hydrogens is 348 g/mol. The number of hydrogen-bond donors (Lipinski definition) is 2. The molecule has 1 aromatic carbocycles. The van der Waals surface area contributed by atoms with E-state index in [2.05, 4.69) is 51.3 Å². The van der Waals surface area contributed by atoms with Crippen molar-refractivity contribution in [2.75, 3.05) is 24.5 Å². The van der Waals surface area contributed by atoms with Crippen LogP contribution in [0, 0.1) is 5.92 Å². The number of unbranched alkanes of at least 4 members (excludes halogenated alkanes) is 3. The van der Waals surface area contributed by atoms with Crippen molar-refractivity contribution in [3.8, 4) is 11.1 Å². The van der Waals surface area contributed by atoms with Gasteiger partial charge in [0.2, 0.25) is 5.91 Å². The SMILES string of the molecule is C=CCCCCCC(=O)NCC1CCN(c2ccc(-c3cn[nH]c3)cc2)CC1. The van der Waals surface area contributed by atoms with Crippen LogP contribution in [0.5, 0.6) is 0 Å². The van der Waals surface area contributed by atoms with Gasteiger partial charge in [-0.3, -0.25) is 9.89 Å². The molecule has 0 atom stereocenters. The molecule has 5 nitrogen and oxygen atoms in total. The molecular formula is C23H32N4O. The number of piperidine rings is 1. The zero-order chi connectivity index (χ0) is 19.6. The monoisotopic (exact) mass is 380 g/mol. The smallest absolute Gasteiger partial charge is 0.220 e. The van der Waals surface area contributed by atoms with Crippen LogP contribution >= 0.6 is 0 Å². The molecule has 1 aromatic heterocycles. The summed E-state index contributed by atoms with van der Waals surface area (Å²) in [6.07, 6.45) is 12.9. The summed E-state index contributed by atoms with van der Waals surface area (Å²) in [5.41, 5.74) is 3.57. The highest BCUT2D eigenvalue weighted by atomic mass is 16.1. The summed E-state index contributed by atoms with van der Waals surface area (Å²) < 4.78 is 0. The number of carbonyl (C=O) groups is 1.